The van der Waals surface area contributed by atoms with Crippen LogP contribution in [-0.4, -0.2) is 16.0 Å². The van der Waals surface area contributed by atoms with Gasteiger partial charge in [0.1, 0.15) is 0 Å². The highest BCUT2D eigenvalue weighted by Gasteiger charge is 2.34. The Morgan fingerprint density at radius 1 is 1.00 bits per heavy atom. The van der Waals surface area contributed by atoms with Crippen molar-refractivity contribution >= 4 is 52.2 Å². The largest absolute Gasteiger partial charge is 0.293 e. The fourth-order valence-electron chi connectivity index (χ4n) is 2.28. The number of imide groups is 1. The summed E-state index contributed by atoms with van der Waals surface area (Å²) in [6.45, 7) is 0.168. The molecular formula is C19H13Cl2NO2S. The lowest BCUT2D eigenvalue weighted by atomic mass is 10.2. The van der Waals surface area contributed by atoms with Crippen LogP contribution in [0.4, 0.5) is 4.79 Å². The highest BCUT2D eigenvalue weighted by molar-refractivity contribution is 8.18. The van der Waals surface area contributed by atoms with Crippen molar-refractivity contribution in [1.29, 1.82) is 0 Å². The van der Waals surface area contributed by atoms with Gasteiger partial charge < -0.3 is 0 Å². The van der Waals surface area contributed by atoms with Crippen LogP contribution in [0, 0.1) is 0 Å². The number of allylic oxidation sites excluding steroid dienone is 2. The van der Waals surface area contributed by atoms with Crippen molar-refractivity contribution < 1.29 is 9.59 Å². The summed E-state index contributed by atoms with van der Waals surface area (Å²) in [6, 6.07) is 14.8. The summed E-state index contributed by atoms with van der Waals surface area (Å²) in [4.78, 5) is 26.2. The molecule has 2 aromatic rings. The normalized spacial score (nSPS) is 16.4. The van der Waals surface area contributed by atoms with Crippen LogP contribution < -0.4 is 0 Å². The summed E-state index contributed by atoms with van der Waals surface area (Å²) >= 11 is 12.8. The molecule has 0 saturated carbocycles. The maximum atomic E-state index is 12.4. The van der Waals surface area contributed by atoms with Crippen LogP contribution >= 0.6 is 35.0 Å². The molecule has 3 nitrogen and oxygen atoms in total. The fourth-order valence-corrected chi connectivity index (χ4v) is 3.39. The lowest BCUT2D eigenvalue weighted by molar-refractivity contribution is -0.123. The van der Waals surface area contributed by atoms with Crippen molar-refractivity contribution in [2.24, 2.45) is 0 Å². The number of amides is 2. The number of rotatable bonds is 4. The Morgan fingerprint density at radius 2 is 1.76 bits per heavy atom. The first kappa shape index (κ1) is 17.8. The van der Waals surface area contributed by atoms with E-state index in [-0.39, 0.29) is 17.7 Å². The van der Waals surface area contributed by atoms with Crippen molar-refractivity contribution in [2.75, 3.05) is 0 Å². The first-order valence-electron chi connectivity index (χ1n) is 7.45. The third kappa shape index (κ3) is 4.34. The minimum atomic E-state index is -0.307. The topological polar surface area (TPSA) is 37.4 Å². The summed E-state index contributed by atoms with van der Waals surface area (Å²) < 4.78 is 0. The summed E-state index contributed by atoms with van der Waals surface area (Å²) in [6.07, 6.45) is 5.31. The van der Waals surface area contributed by atoms with Gasteiger partial charge in [0.05, 0.1) is 21.5 Å². The monoisotopic (exact) mass is 389 g/mol. The number of benzene rings is 2. The van der Waals surface area contributed by atoms with E-state index in [4.69, 9.17) is 23.2 Å². The van der Waals surface area contributed by atoms with E-state index in [0.717, 1.165) is 22.9 Å². The lowest BCUT2D eigenvalue weighted by Crippen LogP contribution is -2.27. The van der Waals surface area contributed by atoms with Crippen LogP contribution in [0.2, 0.25) is 10.0 Å². The summed E-state index contributed by atoms with van der Waals surface area (Å²) in [7, 11) is 0. The molecule has 0 radical (unpaired) electrons. The van der Waals surface area contributed by atoms with E-state index in [9.17, 15) is 9.59 Å². The molecule has 1 fully saturated rings. The fraction of sp³-hybridized carbons (Fsp3) is 0.0526. The Balaban J connectivity index is 1.72. The molecule has 1 aliphatic rings. The standard InChI is InChI=1S/C19H13Cl2NO2S/c20-15-10-9-14(11-16(15)21)12-22-18(23)17(25-19(22)24)8-4-7-13-5-2-1-3-6-13/h1-11H,12H2/b7-4+,17-8-. The van der Waals surface area contributed by atoms with E-state index in [2.05, 4.69) is 0 Å². The van der Waals surface area contributed by atoms with Crippen LogP contribution in [0.1, 0.15) is 11.1 Å². The number of hydrogen-bond donors (Lipinski definition) is 0. The molecule has 0 spiro atoms. The molecule has 0 aromatic heterocycles. The zero-order chi connectivity index (χ0) is 17.8. The molecule has 0 atom stereocenters. The van der Waals surface area contributed by atoms with Gasteiger partial charge in [0.25, 0.3) is 11.1 Å². The Bertz CT molecular complexity index is 878. The van der Waals surface area contributed by atoms with E-state index in [1.54, 1.807) is 30.4 Å². The van der Waals surface area contributed by atoms with Crippen molar-refractivity contribution in [1.82, 2.24) is 4.90 Å². The second-order valence-corrected chi connectivity index (χ2v) is 7.12. The van der Waals surface area contributed by atoms with E-state index >= 15 is 0 Å². The minimum absolute atomic E-state index is 0.168. The predicted molar refractivity (Wildman–Crippen MR) is 104 cm³/mol. The highest BCUT2D eigenvalue weighted by Crippen LogP contribution is 2.32. The third-order valence-electron chi connectivity index (χ3n) is 3.53. The second-order valence-electron chi connectivity index (χ2n) is 5.31. The van der Waals surface area contributed by atoms with Crippen LogP contribution in [-0.2, 0) is 11.3 Å². The predicted octanol–water partition coefficient (Wildman–Crippen LogP) is 5.79. The van der Waals surface area contributed by atoms with Crippen molar-refractivity contribution in [2.45, 2.75) is 6.54 Å². The van der Waals surface area contributed by atoms with Crippen molar-refractivity contribution in [3.05, 3.63) is 86.8 Å². The maximum absolute atomic E-state index is 12.4. The first-order valence-corrected chi connectivity index (χ1v) is 9.03. The number of hydrogen-bond acceptors (Lipinski definition) is 3. The Hall–Kier alpha value is -2.01. The molecule has 2 amide bonds. The van der Waals surface area contributed by atoms with Crippen molar-refractivity contribution in [3.63, 3.8) is 0 Å². The second kappa shape index (κ2) is 7.91. The molecule has 0 bridgehead atoms. The van der Waals surface area contributed by atoms with Gasteiger partial charge in [0.2, 0.25) is 0 Å². The summed E-state index contributed by atoms with van der Waals surface area (Å²) in [5.41, 5.74) is 1.77. The molecule has 6 heteroatoms. The molecule has 3 rings (SSSR count). The number of thioether (sulfide) groups is 1. The zero-order valence-corrected chi connectivity index (χ0v) is 15.3. The number of halogens is 2. The molecule has 25 heavy (non-hydrogen) atoms. The lowest BCUT2D eigenvalue weighted by Gasteiger charge is -2.12. The smallest absolute Gasteiger partial charge is 0.268 e. The number of nitrogens with zero attached hydrogens (tertiary/aromatic N) is 1. The van der Waals surface area contributed by atoms with Gasteiger partial charge in [-0.25, -0.2) is 0 Å². The third-order valence-corrected chi connectivity index (χ3v) is 5.20. The molecule has 1 heterocycles. The van der Waals surface area contributed by atoms with E-state index in [1.807, 2.05) is 36.4 Å². The molecule has 126 valence electrons. The number of carbonyl (C=O) groups is 2. The highest BCUT2D eigenvalue weighted by atomic mass is 35.5. The molecule has 1 saturated heterocycles. The summed E-state index contributed by atoms with van der Waals surface area (Å²) in [5, 5.41) is 0.536. The van der Waals surface area contributed by atoms with Crippen molar-refractivity contribution in [3.8, 4) is 0 Å². The average Bonchev–Trinajstić information content (AvgIpc) is 2.87. The van der Waals surface area contributed by atoms with Gasteiger partial charge in [-0.2, -0.15) is 0 Å². The molecule has 0 N–H and O–H groups in total. The molecular weight excluding hydrogens is 377 g/mol. The molecule has 1 aliphatic heterocycles. The molecule has 0 aliphatic carbocycles. The van der Waals surface area contributed by atoms with E-state index < -0.39 is 0 Å². The van der Waals surface area contributed by atoms with Crippen LogP contribution in [0.3, 0.4) is 0 Å². The van der Waals surface area contributed by atoms with Crippen LogP contribution in [0.25, 0.3) is 6.08 Å². The Kier molecular flexibility index (Phi) is 5.63. The number of carbonyl (C=O) groups excluding carboxylic acids is 2. The van der Waals surface area contributed by atoms with E-state index in [1.165, 1.54) is 4.90 Å². The quantitative estimate of drug-likeness (QED) is 0.621. The summed E-state index contributed by atoms with van der Waals surface area (Å²) in [5.74, 6) is -0.307. The minimum Gasteiger partial charge on any atom is -0.268 e. The zero-order valence-electron chi connectivity index (χ0n) is 13.0. The van der Waals surface area contributed by atoms with Gasteiger partial charge >= 0.3 is 0 Å². The van der Waals surface area contributed by atoms with Gasteiger partial charge in [-0.15, -0.1) is 0 Å². The van der Waals surface area contributed by atoms with Crippen LogP contribution in [0.15, 0.2) is 65.6 Å². The maximum Gasteiger partial charge on any atom is 0.293 e. The van der Waals surface area contributed by atoms with Gasteiger partial charge in [0, 0.05) is 0 Å². The Morgan fingerprint density at radius 3 is 2.48 bits per heavy atom. The van der Waals surface area contributed by atoms with E-state index in [0.29, 0.717) is 15.0 Å². The SMILES string of the molecule is O=C1S/C(=C\C=C\c2ccccc2)C(=O)N1Cc1ccc(Cl)c(Cl)c1. The Labute approximate surface area is 159 Å². The molecule has 0 unspecified atom stereocenters. The van der Waals surface area contributed by atoms with Gasteiger partial charge in [-0.1, -0.05) is 71.8 Å². The van der Waals surface area contributed by atoms with Gasteiger partial charge in [0.15, 0.2) is 0 Å². The first-order chi connectivity index (χ1) is 12.0. The van der Waals surface area contributed by atoms with Gasteiger partial charge in [-0.05, 0) is 41.1 Å². The van der Waals surface area contributed by atoms with Crippen LogP contribution in [0.5, 0.6) is 0 Å². The van der Waals surface area contributed by atoms with Gasteiger partial charge in [-0.3, -0.25) is 14.5 Å². The average molecular weight is 390 g/mol. The molecule has 2 aromatic carbocycles.